The van der Waals surface area contributed by atoms with Crippen molar-refractivity contribution in [2.24, 2.45) is 5.11 Å². The van der Waals surface area contributed by atoms with Crippen molar-refractivity contribution in [1.82, 2.24) is 9.88 Å². The molecule has 118 valence electrons. The lowest BCUT2D eigenvalue weighted by Crippen LogP contribution is -2.54. The van der Waals surface area contributed by atoms with Crippen molar-refractivity contribution in [1.29, 1.82) is 0 Å². The molecule has 1 aromatic rings. The molecule has 0 aromatic carbocycles. The van der Waals surface area contributed by atoms with Crippen LogP contribution in [0.15, 0.2) is 29.0 Å². The highest BCUT2D eigenvalue weighted by molar-refractivity contribution is 8.01. The van der Waals surface area contributed by atoms with Crippen molar-refractivity contribution < 1.29 is 9.59 Å². The molecule has 2 saturated heterocycles. The van der Waals surface area contributed by atoms with Gasteiger partial charge in [-0.2, -0.15) is 0 Å². The molecule has 1 unspecified atom stereocenters. The number of hydrogen-bond acceptors (Lipinski definition) is 4. The highest BCUT2D eigenvalue weighted by Gasteiger charge is 2.56. The maximum atomic E-state index is 12.4. The van der Waals surface area contributed by atoms with Gasteiger partial charge in [0.05, 0.1) is 11.3 Å². The average Bonchev–Trinajstić information content (AvgIpc) is 2.73. The van der Waals surface area contributed by atoms with Gasteiger partial charge in [0.2, 0.25) is 5.91 Å². The molecule has 0 radical (unpaired) electrons. The monoisotopic (exact) mass is 329 g/mol. The number of pyridine rings is 1. The Labute approximate surface area is 137 Å². The second-order valence-electron chi connectivity index (χ2n) is 6.03. The van der Waals surface area contributed by atoms with Crippen molar-refractivity contribution in [2.45, 2.75) is 36.9 Å². The molecule has 0 N–H and O–H groups in total. The average molecular weight is 329 g/mol. The lowest BCUT2D eigenvalue weighted by Gasteiger charge is -2.39. The van der Waals surface area contributed by atoms with Gasteiger partial charge in [-0.1, -0.05) is 0 Å². The Morgan fingerprint density at radius 1 is 1.57 bits per heavy atom. The standard InChI is InChI=1S/C15H15N5O2S/c1-8-15(2,3)23-14-11(13(22)20(8)14)7-10-6-9(4-5-17-10)12(21)18-19-16/h4-8,14H,1-3H3/b11-7-/t8-,14?/m0/s1. The smallest absolute Gasteiger partial charge is 0.254 e. The molecule has 2 atom stereocenters. The zero-order chi connectivity index (χ0) is 16.8. The summed E-state index contributed by atoms with van der Waals surface area (Å²) < 4.78 is 0.00265. The Kier molecular flexibility index (Phi) is 3.66. The number of aromatic nitrogens is 1. The third-order valence-electron chi connectivity index (χ3n) is 4.31. The van der Waals surface area contributed by atoms with Gasteiger partial charge >= 0.3 is 0 Å². The number of hydrogen-bond donors (Lipinski definition) is 0. The summed E-state index contributed by atoms with van der Waals surface area (Å²) in [5.41, 5.74) is 9.77. The summed E-state index contributed by atoms with van der Waals surface area (Å²) in [6.45, 7) is 6.31. The number of azide groups is 1. The third kappa shape index (κ3) is 2.50. The SMILES string of the molecule is C[C@@H]1N2C(=O)/C(=C/c3cc(C(=O)N=[N+]=[N-])ccn3)C2SC1(C)C. The molecule has 2 aliphatic heterocycles. The molecule has 0 saturated carbocycles. The minimum atomic E-state index is -0.666. The first-order valence-electron chi connectivity index (χ1n) is 7.12. The van der Waals surface area contributed by atoms with Crippen LogP contribution in [-0.4, -0.2) is 37.9 Å². The molecule has 2 fully saturated rings. The summed E-state index contributed by atoms with van der Waals surface area (Å²) in [4.78, 5) is 32.5. The molecule has 7 nitrogen and oxygen atoms in total. The normalized spacial score (nSPS) is 26.5. The lowest BCUT2D eigenvalue weighted by molar-refractivity contribution is -0.135. The van der Waals surface area contributed by atoms with Gasteiger partial charge in [-0.15, -0.1) is 11.8 Å². The molecule has 0 spiro atoms. The Morgan fingerprint density at radius 2 is 2.30 bits per heavy atom. The van der Waals surface area contributed by atoms with Crippen molar-refractivity contribution in [3.63, 3.8) is 0 Å². The largest absolute Gasteiger partial charge is 0.318 e. The number of amides is 2. The number of carbonyl (C=O) groups is 2. The van der Waals surface area contributed by atoms with Crippen LogP contribution in [0.2, 0.25) is 0 Å². The second kappa shape index (κ2) is 5.40. The molecule has 1 aromatic heterocycles. The number of β-lactam (4-membered cyclic amide) rings is 1. The first-order valence-corrected chi connectivity index (χ1v) is 8.00. The molecular weight excluding hydrogens is 314 g/mol. The van der Waals surface area contributed by atoms with Crippen molar-refractivity contribution in [2.75, 3.05) is 0 Å². The van der Waals surface area contributed by atoms with E-state index in [0.29, 0.717) is 11.3 Å². The van der Waals surface area contributed by atoms with Gasteiger partial charge in [0.15, 0.2) is 0 Å². The maximum Gasteiger partial charge on any atom is 0.254 e. The molecule has 3 rings (SSSR count). The number of carbonyl (C=O) groups excluding carboxylic acids is 2. The van der Waals surface area contributed by atoms with Crippen LogP contribution in [0.5, 0.6) is 0 Å². The molecular formula is C15H15N5O2S. The van der Waals surface area contributed by atoms with Gasteiger partial charge in [0.1, 0.15) is 5.37 Å². The summed E-state index contributed by atoms with van der Waals surface area (Å²) in [6, 6.07) is 3.17. The van der Waals surface area contributed by atoms with Gasteiger partial charge in [-0.25, -0.2) is 0 Å². The Morgan fingerprint density at radius 3 is 3.00 bits per heavy atom. The van der Waals surface area contributed by atoms with Crippen LogP contribution in [0, 0.1) is 0 Å². The second-order valence-corrected chi connectivity index (χ2v) is 7.76. The van der Waals surface area contributed by atoms with E-state index in [1.165, 1.54) is 18.3 Å². The van der Waals surface area contributed by atoms with Gasteiger partial charge in [-0.3, -0.25) is 14.6 Å². The van der Waals surface area contributed by atoms with Crippen LogP contribution in [0.3, 0.4) is 0 Å². The van der Waals surface area contributed by atoms with Gasteiger partial charge < -0.3 is 4.90 Å². The molecule has 2 aliphatic rings. The van der Waals surface area contributed by atoms with E-state index in [-0.39, 0.29) is 27.6 Å². The van der Waals surface area contributed by atoms with E-state index < -0.39 is 5.91 Å². The van der Waals surface area contributed by atoms with Crippen molar-refractivity contribution in [3.8, 4) is 0 Å². The summed E-state index contributed by atoms with van der Waals surface area (Å²) in [5, 5.41) is 3.09. The highest BCUT2D eigenvalue weighted by atomic mass is 32.2. The van der Waals surface area contributed by atoms with Crippen molar-refractivity contribution in [3.05, 3.63) is 45.6 Å². The third-order valence-corrected chi connectivity index (χ3v) is 5.96. The Hall–Kier alpha value is -2.31. The van der Waals surface area contributed by atoms with Crippen molar-refractivity contribution >= 4 is 29.7 Å². The predicted octanol–water partition coefficient (Wildman–Crippen LogP) is 3.00. The van der Waals surface area contributed by atoms with E-state index in [2.05, 4.69) is 35.8 Å². The van der Waals surface area contributed by atoms with E-state index in [4.69, 9.17) is 5.53 Å². The van der Waals surface area contributed by atoms with Crippen LogP contribution >= 0.6 is 11.8 Å². The van der Waals surface area contributed by atoms with Crippen LogP contribution in [0.4, 0.5) is 0 Å². The first kappa shape index (κ1) is 15.6. The number of thioether (sulfide) groups is 1. The topological polar surface area (TPSA) is 99.0 Å². The fraction of sp³-hybridized carbons (Fsp3) is 0.400. The number of nitrogens with zero attached hydrogens (tertiary/aromatic N) is 5. The van der Waals surface area contributed by atoms with Gasteiger partial charge in [0.25, 0.3) is 5.91 Å². The zero-order valence-electron chi connectivity index (χ0n) is 12.9. The van der Waals surface area contributed by atoms with E-state index in [0.717, 1.165) is 0 Å². The fourth-order valence-electron chi connectivity index (χ4n) is 2.72. The number of fused-ring (bicyclic) bond motifs is 1. The van der Waals surface area contributed by atoms with Crippen LogP contribution in [-0.2, 0) is 4.79 Å². The molecule has 3 heterocycles. The Balaban J connectivity index is 1.89. The maximum absolute atomic E-state index is 12.4. The lowest BCUT2D eigenvalue weighted by atomic mass is 9.96. The van der Waals surface area contributed by atoms with E-state index in [9.17, 15) is 9.59 Å². The van der Waals surface area contributed by atoms with Gasteiger partial charge in [0, 0.05) is 27.5 Å². The minimum Gasteiger partial charge on any atom is -0.318 e. The first-order chi connectivity index (χ1) is 10.8. The highest BCUT2D eigenvalue weighted by Crippen LogP contribution is 2.52. The van der Waals surface area contributed by atoms with Crippen LogP contribution in [0.1, 0.15) is 36.8 Å². The summed E-state index contributed by atoms with van der Waals surface area (Å²) in [5.74, 6) is -0.657. The molecule has 0 bridgehead atoms. The summed E-state index contributed by atoms with van der Waals surface area (Å²) >= 11 is 1.75. The van der Waals surface area contributed by atoms with Crippen LogP contribution < -0.4 is 0 Å². The summed E-state index contributed by atoms with van der Waals surface area (Å²) in [6.07, 6.45) is 3.17. The minimum absolute atomic E-state index is 0.00265. The van der Waals surface area contributed by atoms with E-state index in [1.54, 1.807) is 17.8 Å². The van der Waals surface area contributed by atoms with E-state index >= 15 is 0 Å². The van der Waals surface area contributed by atoms with Crippen LogP contribution in [0.25, 0.3) is 16.5 Å². The molecule has 8 heteroatoms. The van der Waals surface area contributed by atoms with E-state index in [1.807, 2.05) is 4.90 Å². The fourth-order valence-corrected chi connectivity index (χ4v) is 4.29. The molecule has 2 amide bonds. The summed E-state index contributed by atoms with van der Waals surface area (Å²) in [7, 11) is 0. The molecule has 0 aliphatic carbocycles. The zero-order valence-corrected chi connectivity index (χ0v) is 13.7. The quantitative estimate of drug-likeness (QED) is 0.274. The Bertz CT molecular complexity index is 782. The molecule has 23 heavy (non-hydrogen) atoms. The van der Waals surface area contributed by atoms with Gasteiger partial charge in [-0.05, 0) is 49.6 Å². The number of rotatable bonds is 2. The predicted molar refractivity (Wildman–Crippen MR) is 87.5 cm³/mol.